The maximum absolute atomic E-state index is 11.4. The lowest BCUT2D eigenvalue weighted by molar-refractivity contribution is -0.150. The number of ether oxygens (including phenoxy) is 1. The van der Waals surface area contributed by atoms with E-state index in [0.29, 0.717) is 5.57 Å². The number of allylic oxidation sites excluding steroid dienone is 1. The summed E-state index contributed by atoms with van der Waals surface area (Å²) in [6.07, 6.45) is 4.48. The number of carbonyl (C=O) groups is 2. The van der Waals surface area contributed by atoms with Gasteiger partial charge < -0.3 is 4.74 Å². The van der Waals surface area contributed by atoms with E-state index in [2.05, 4.69) is 11.3 Å². The van der Waals surface area contributed by atoms with Crippen LogP contribution in [-0.4, -0.2) is 11.9 Å². The van der Waals surface area contributed by atoms with Gasteiger partial charge in [-0.25, -0.2) is 9.59 Å². The summed E-state index contributed by atoms with van der Waals surface area (Å²) in [4.78, 5) is 22.3. The predicted octanol–water partition coefficient (Wildman–Crippen LogP) is 2.27. The number of hydrogen-bond donors (Lipinski definition) is 0. The van der Waals surface area contributed by atoms with E-state index in [0.717, 1.165) is 5.56 Å². The molecular formula is C14H10O3. The van der Waals surface area contributed by atoms with Crippen molar-refractivity contribution in [3.8, 4) is 0 Å². The van der Waals surface area contributed by atoms with Crippen LogP contribution in [0.15, 0.2) is 60.2 Å². The third-order valence-electron chi connectivity index (χ3n) is 2.33. The third-order valence-corrected chi connectivity index (χ3v) is 2.33. The SMILES string of the molecule is C=CC(=Cc1ccccc1)C1=CC(=O)OC1=O. The molecule has 0 unspecified atom stereocenters. The van der Waals surface area contributed by atoms with Gasteiger partial charge in [0.2, 0.25) is 0 Å². The first-order chi connectivity index (χ1) is 8.20. The average Bonchev–Trinajstić information content (AvgIpc) is 2.67. The molecule has 0 spiro atoms. The maximum Gasteiger partial charge on any atom is 0.346 e. The lowest BCUT2D eigenvalue weighted by Crippen LogP contribution is -2.02. The molecule has 1 aromatic carbocycles. The fourth-order valence-electron chi connectivity index (χ4n) is 1.53. The molecule has 0 N–H and O–H groups in total. The summed E-state index contributed by atoms with van der Waals surface area (Å²) in [5.74, 6) is -1.26. The molecule has 1 heterocycles. The predicted molar refractivity (Wildman–Crippen MR) is 63.8 cm³/mol. The van der Waals surface area contributed by atoms with Gasteiger partial charge in [0.1, 0.15) is 0 Å². The molecule has 3 nitrogen and oxygen atoms in total. The van der Waals surface area contributed by atoms with E-state index in [9.17, 15) is 9.59 Å². The first kappa shape index (κ1) is 11.1. The molecule has 3 heteroatoms. The first-order valence-corrected chi connectivity index (χ1v) is 5.08. The second kappa shape index (κ2) is 4.61. The number of carbonyl (C=O) groups excluding carboxylic acids is 2. The Morgan fingerprint density at radius 3 is 2.41 bits per heavy atom. The topological polar surface area (TPSA) is 43.4 Å². The van der Waals surface area contributed by atoms with Crippen molar-refractivity contribution < 1.29 is 14.3 Å². The largest absolute Gasteiger partial charge is 0.386 e. The number of cyclic esters (lactones) is 2. The number of esters is 2. The van der Waals surface area contributed by atoms with Gasteiger partial charge in [-0.3, -0.25) is 0 Å². The molecule has 0 aromatic heterocycles. The summed E-state index contributed by atoms with van der Waals surface area (Å²) in [6.45, 7) is 3.63. The van der Waals surface area contributed by atoms with Gasteiger partial charge in [-0.2, -0.15) is 0 Å². The molecule has 0 saturated heterocycles. The smallest absolute Gasteiger partial charge is 0.346 e. The van der Waals surface area contributed by atoms with Crippen LogP contribution in [0.2, 0.25) is 0 Å². The summed E-state index contributed by atoms with van der Waals surface area (Å²) >= 11 is 0. The Balaban J connectivity index is 2.38. The quantitative estimate of drug-likeness (QED) is 0.451. The van der Waals surface area contributed by atoms with Gasteiger partial charge in [0.15, 0.2) is 0 Å². The van der Waals surface area contributed by atoms with Crippen molar-refractivity contribution in [1.82, 2.24) is 0 Å². The van der Waals surface area contributed by atoms with Crippen LogP contribution < -0.4 is 0 Å². The minimum absolute atomic E-state index is 0.244. The molecule has 84 valence electrons. The monoisotopic (exact) mass is 226 g/mol. The summed E-state index contributed by atoms with van der Waals surface area (Å²) in [5, 5.41) is 0. The van der Waals surface area contributed by atoms with Crippen LogP contribution >= 0.6 is 0 Å². The van der Waals surface area contributed by atoms with E-state index in [1.165, 1.54) is 12.2 Å². The Hall–Kier alpha value is -2.42. The fourth-order valence-corrected chi connectivity index (χ4v) is 1.53. The number of hydrogen-bond acceptors (Lipinski definition) is 3. The molecule has 1 aliphatic heterocycles. The van der Waals surface area contributed by atoms with Crippen molar-refractivity contribution in [3.05, 3.63) is 65.8 Å². The van der Waals surface area contributed by atoms with Crippen LogP contribution in [0.3, 0.4) is 0 Å². The van der Waals surface area contributed by atoms with Gasteiger partial charge >= 0.3 is 11.9 Å². The molecule has 2 rings (SSSR count). The molecule has 0 atom stereocenters. The zero-order valence-electron chi connectivity index (χ0n) is 9.05. The Bertz CT molecular complexity index is 536. The number of benzene rings is 1. The highest BCUT2D eigenvalue weighted by Gasteiger charge is 2.25. The lowest BCUT2D eigenvalue weighted by atomic mass is 10.0. The molecule has 0 radical (unpaired) electrons. The Kier molecular flexibility index (Phi) is 3.01. The highest BCUT2D eigenvalue weighted by molar-refractivity contribution is 6.12. The van der Waals surface area contributed by atoms with Gasteiger partial charge in [-0.1, -0.05) is 43.0 Å². The molecule has 17 heavy (non-hydrogen) atoms. The van der Waals surface area contributed by atoms with Crippen LogP contribution in [0.4, 0.5) is 0 Å². The molecular weight excluding hydrogens is 216 g/mol. The van der Waals surface area contributed by atoms with Gasteiger partial charge in [-0.05, 0) is 17.2 Å². The third kappa shape index (κ3) is 2.39. The summed E-state index contributed by atoms with van der Waals surface area (Å²) in [5.41, 5.74) is 1.75. The molecule has 0 fully saturated rings. The van der Waals surface area contributed by atoms with Crippen molar-refractivity contribution >= 4 is 18.0 Å². The molecule has 1 aromatic rings. The van der Waals surface area contributed by atoms with E-state index in [4.69, 9.17) is 0 Å². The van der Waals surface area contributed by atoms with E-state index in [1.807, 2.05) is 30.3 Å². The minimum Gasteiger partial charge on any atom is -0.386 e. The normalized spacial score (nSPS) is 15.5. The van der Waals surface area contributed by atoms with Gasteiger partial charge in [-0.15, -0.1) is 0 Å². The Labute approximate surface area is 98.7 Å². The molecule has 0 amide bonds. The highest BCUT2D eigenvalue weighted by atomic mass is 16.6. The van der Waals surface area contributed by atoms with E-state index in [-0.39, 0.29) is 5.57 Å². The van der Waals surface area contributed by atoms with Crippen molar-refractivity contribution in [2.24, 2.45) is 0 Å². The average molecular weight is 226 g/mol. The summed E-state index contributed by atoms with van der Waals surface area (Å²) in [6, 6.07) is 9.47. The van der Waals surface area contributed by atoms with E-state index >= 15 is 0 Å². The second-order valence-electron chi connectivity index (χ2n) is 3.48. The Morgan fingerprint density at radius 2 is 1.88 bits per heavy atom. The van der Waals surface area contributed by atoms with Crippen LogP contribution in [0.1, 0.15) is 5.56 Å². The summed E-state index contributed by atoms with van der Waals surface area (Å²) < 4.78 is 4.44. The van der Waals surface area contributed by atoms with Gasteiger partial charge in [0.05, 0.1) is 5.57 Å². The van der Waals surface area contributed by atoms with Gasteiger partial charge in [0, 0.05) is 6.08 Å². The van der Waals surface area contributed by atoms with Crippen molar-refractivity contribution in [1.29, 1.82) is 0 Å². The van der Waals surface area contributed by atoms with Crippen molar-refractivity contribution in [2.75, 3.05) is 0 Å². The molecule has 0 aliphatic carbocycles. The second-order valence-corrected chi connectivity index (χ2v) is 3.48. The minimum atomic E-state index is -0.634. The van der Waals surface area contributed by atoms with Crippen molar-refractivity contribution in [3.63, 3.8) is 0 Å². The van der Waals surface area contributed by atoms with Gasteiger partial charge in [0.25, 0.3) is 0 Å². The standard InChI is InChI=1S/C14H10O3/c1-2-11(8-10-6-4-3-5-7-10)12-9-13(15)17-14(12)16/h2-9H,1H2. The highest BCUT2D eigenvalue weighted by Crippen LogP contribution is 2.21. The van der Waals surface area contributed by atoms with Crippen molar-refractivity contribution in [2.45, 2.75) is 0 Å². The van der Waals surface area contributed by atoms with Crippen LogP contribution in [0.5, 0.6) is 0 Å². The first-order valence-electron chi connectivity index (χ1n) is 5.08. The zero-order valence-corrected chi connectivity index (χ0v) is 9.05. The molecule has 1 aliphatic rings. The van der Waals surface area contributed by atoms with Crippen LogP contribution in [0, 0.1) is 0 Å². The maximum atomic E-state index is 11.4. The molecule has 0 bridgehead atoms. The molecule has 0 saturated carbocycles. The lowest BCUT2D eigenvalue weighted by Gasteiger charge is -2.00. The Morgan fingerprint density at radius 1 is 1.18 bits per heavy atom. The van der Waals surface area contributed by atoms with Crippen LogP contribution in [-0.2, 0) is 14.3 Å². The number of rotatable bonds is 3. The van der Waals surface area contributed by atoms with E-state index in [1.54, 1.807) is 6.08 Å². The van der Waals surface area contributed by atoms with E-state index < -0.39 is 11.9 Å². The summed E-state index contributed by atoms with van der Waals surface area (Å²) in [7, 11) is 0. The fraction of sp³-hybridized carbons (Fsp3) is 0. The van der Waals surface area contributed by atoms with Crippen LogP contribution in [0.25, 0.3) is 6.08 Å². The zero-order chi connectivity index (χ0) is 12.3.